The lowest BCUT2D eigenvalue weighted by Gasteiger charge is -2.03. The number of rotatable bonds is 3. The summed E-state index contributed by atoms with van der Waals surface area (Å²) in [5.74, 6) is -0.860. The van der Waals surface area contributed by atoms with E-state index >= 15 is 0 Å². The van der Waals surface area contributed by atoms with Crippen molar-refractivity contribution in [3.63, 3.8) is 0 Å². The fraction of sp³-hybridized carbons (Fsp3) is 0. The first-order valence-corrected chi connectivity index (χ1v) is 5.73. The molecular formula is C9H5FN4O3S. The Kier molecular flexibility index (Phi) is 3.94. The van der Waals surface area contributed by atoms with E-state index < -0.39 is 32.2 Å². The van der Waals surface area contributed by atoms with Crippen molar-refractivity contribution in [2.24, 2.45) is 5.10 Å². The number of hydrogen-bond donors (Lipinski definition) is 2. The normalized spacial score (nSPS) is 10.0. The van der Waals surface area contributed by atoms with Gasteiger partial charge in [-0.05, 0) is 18.2 Å². The molecule has 0 aromatic heterocycles. The van der Waals surface area contributed by atoms with Crippen molar-refractivity contribution in [2.45, 2.75) is 4.90 Å². The summed E-state index contributed by atoms with van der Waals surface area (Å²) in [6.07, 6.45) is 0. The van der Waals surface area contributed by atoms with Gasteiger partial charge in [0.25, 0.3) is 10.1 Å². The molecule has 18 heavy (non-hydrogen) atoms. The first kappa shape index (κ1) is 13.6. The van der Waals surface area contributed by atoms with E-state index in [1.54, 1.807) is 0 Å². The maximum absolute atomic E-state index is 13.2. The largest absolute Gasteiger partial charge is 0.294 e. The van der Waals surface area contributed by atoms with Gasteiger partial charge in [-0.2, -0.15) is 24.0 Å². The molecule has 7 nitrogen and oxygen atoms in total. The highest BCUT2D eigenvalue weighted by atomic mass is 32.2. The van der Waals surface area contributed by atoms with Gasteiger partial charge >= 0.3 is 0 Å². The van der Waals surface area contributed by atoms with Crippen molar-refractivity contribution < 1.29 is 17.4 Å². The van der Waals surface area contributed by atoms with E-state index in [9.17, 15) is 12.8 Å². The Hall–Kier alpha value is -2.49. The van der Waals surface area contributed by atoms with Gasteiger partial charge in [0.1, 0.15) is 18.0 Å². The second kappa shape index (κ2) is 5.23. The van der Waals surface area contributed by atoms with Crippen molar-refractivity contribution in [3.8, 4) is 12.1 Å². The minimum Gasteiger partial charge on any atom is -0.282 e. The molecule has 1 rings (SSSR count). The third kappa shape index (κ3) is 3.25. The molecule has 0 aliphatic rings. The molecule has 0 saturated heterocycles. The van der Waals surface area contributed by atoms with Gasteiger partial charge in [-0.1, -0.05) is 0 Å². The molecule has 1 aromatic rings. The highest BCUT2D eigenvalue weighted by Crippen LogP contribution is 2.19. The van der Waals surface area contributed by atoms with Gasteiger partial charge < -0.3 is 0 Å². The summed E-state index contributed by atoms with van der Waals surface area (Å²) < 4.78 is 43.6. The number of hydrazone groups is 1. The average molecular weight is 268 g/mol. The summed E-state index contributed by atoms with van der Waals surface area (Å²) in [5.41, 5.74) is 1.06. The molecule has 0 spiro atoms. The number of nitriles is 2. The molecule has 0 bridgehead atoms. The molecule has 0 fully saturated rings. The molecule has 0 aliphatic carbocycles. The molecule has 0 amide bonds. The second-order valence-electron chi connectivity index (χ2n) is 2.91. The third-order valence-corrected chi connectivity index (χ3v) is 2.59. The molecule has 0 atom stereocenters. The summed E-state index contributed by atoms with van der Waals surface area (Å²) in [7, 11) is -4.48. The molecule has 1 aromatic carbocycles. The van der Waals surface area contributed by atoms with Gasteiger partial charge in [-0.3, -0.25) is 9.98 Å². The molecule has 0 heterocycles. The Morgan fingerprint density at radius 3 is 2.50 bits per heavy atom. The maximum Gasteiger partial charge on any atom is 0.294 e. The van der Waals surface area contributed by atoms with Crippen LogP contribution in [0, 0.1) is 28.5 Å². The Morgan fingerprint density at radius 1 is 1.39 bits per heavy atom. The molecule has 9 heteroatoms. The minimum absolute atomic E-state index is 0.395. The number of anilines is 1. The summed E-state index contributed by atoms with van der Waals surface area (Å²) in [6.45, 7) is 0. The lowest BCUT2D eigenvalue weighted by atomic mass is 10.3. The van der Waals surface area contributed by atoms with Crippen molar-refractivity contribution in [3.05, 3.63) is 24.0 Å². The van der Waals surface area contributed by atoms with Crippen LogP contribution in [0.25, 0.3) is 0 Å². The maximum atomic E-state index is 13.2. The molecule has 0 aliphatic heterocycles. The van der Waals surface area contributed by atoms with Crippen LogP contribution < -0.4 is 5.43 Å². The smallest absolute Gasteiger partial charge is 0.282 e. The van der Waals surface area contributed by atoms with Gasteiger partial charge in [0, 0.05) is 0 Å². The van der Waals surface area contributed by atoms with E-state index in [-0.39, 0.29) is 0 Å². The Balaban J connectivity index is 3.16. The fourth-order valence-corrected chi connectivity index (χ4v) is 1.45. The van der Waals surface area contributed by atoms with E-state index in [1.807, 2.05) is 5.43 Å². The fourth-order valence-electron chi connectivity index (χ4n) is 0.942. The van der Waals surface area contributed by atoms with Crippen LogP contribution in [-0.2, 0) is 10.1 Å². The average Bonchev–Trinajstić information content (AvgIpc) is 2.31. The van der Waals surface area contributed by atoms with Crippen LogP contribution >= 0.6 is 0 Å². The van der Waals surface area contributed by atoms with Gasteiger partial charge in [0.2, 0.25) is 5.71 Å². The van der Waals surface area contributed by atoms with E-state index in [0.717, 1.165) is 18.2 Å². The van der Waals surface area contributed by atoms with Crippen molar-refractivity contribution in [2.75, 3.05) is 5.43 Å². The van der Waals surface area contributed by atoms with Crippen molar-refractivity contribution in [1.29, 1.82) is 10.5 Å². The van der Waals surface area contributed by atoms with Crippen LogP contribution in [-0.4, -0.2) is 18.7 Å². The predicted octanol–water partition coefficient (Wildman–Crippen LogP) is 0.887. The second-order valence-corrected chi connectivity index (χ2v) is 4.33. The number of benzene rings is 1. The molecular weight excluding hydrogens is 263 g/mol. The zero-order valence-electron chi connectivity index (χ0n) is 8.62. The summed E-state index contributed by atoms with van der Waals surface area (Å²) >= 11 is 0. The van der Waals surface area contributed by atoms with Crippen LogP contribution in [0.5, 0.6) is 0 Å². The Labute approximate surface area is 102 Å². The predicted molar refractivity (Wildman–Crippen MR) is 58.5 cm³/mol. The van der Waals surface area contributed by atoms with Crippen LogP contribution in [0.4, 0.5) is 10.1 Å². The van der Waals surface area contributed by atoms with Crippen LogP contribution in [0.2, 0.25) is 0 Å². The highest BCUT2D eigenvalue weighted by Gasteiger charge is 2.12. The standard InChI is InChI=1S/C9H5FN4O3S/c10-8-2-1-7(18(15,16)17)3-9(8)14-13-6(4-11)5-12/h1-3,14H,(H,15,16,17). The molecule has 0 radical (unpaired) electrons. The molecule has 92 valence electrons. The highest BCUT2D eigenvalue weighted by molar-refractivity contribution is 7.85. The number of nitrogens with one attached hydrogen (secondary N) is 1. The van der Waals surface area contributed by atoms with E-state index in [2.05, 4.69) is 5.10 Å². The Morgan fingerprint density at radius 2 is 2.00 bits per heavy atom. The van der Waals surface area contributed by atoms with Gasteiger partial charge in [-0.25, -0.2) is 4.39 Å². The van der Waals surface area contributed by atoms with Crippen LogP contribution in [0.1, 0.15) is 0 Å². The van der Waals surface area contributed by atoms with E-state index in [0.29, 0.717) is 0 Å². The first-order chi connectivity index (χ1) is 8.38. The van der Waals surface area contributed by atoms with Gasteiger partial charge in [0.15, 0.2) is 0 Å². The minimum atomic E-state index is -4.48. The summed E-state index contributed by atoms with van der Waals surface area (Å²) in [6, 6.07) is 5.27. The van der Waals surface area contributed by atoms with Gasteiger partial charge in [-0.15, -0.1) is 0 Å². The lowest BCUT2D eigenvalue weighted by Crippen LogP contribution is -2.02. The summed E-state index contributed by atoms with van der Waals surface area (Å²) in [4.78, 5) is -0.544. The molecule has 2 N–H and O–H groups in total. The zero-order chi connectivity index (χ0) is 13.8. The van der Waals surface area contributed by atoms with Gasteiger partial charge in [0.05, 0.1) is 10.6 Å². The topological polar surface area (TPSA) is 126 Å². The van der Waals surface area contributed by atoms with Crippen LogP contribution in [0.15, 0.2) is 28.2 Å². The Bertz CT molecular complexity index is 669. The van der Waals surface area contributed by atoms with Crippen molar-refractivity contribution in [1.82, 2.24) is 0 Å². The number of halogens is 1. The third-order valence-electron chi connectivity index (χ3n) is 1.74. The lowest BCUT2D eigenvalue weighted by molar-refractivity contribution is 0.483. The monoisotopic (exact) mass is 268 g/mol. The SMILES string of the molecule is N#CC(C#N)=NNc1cc(S(=O)(=O)O)ccc1F. The molecule has 0 unspecified atom stereocenters. The van der Waals surface area contributed by atoms with E-state index in [1.165, 1.54) is 12.1 Å². The number of hydrogen-bond acceptors (Lipinski definition) is 6. The number of nitrogens with zero attached hydrogens (tertiary/aromatic N) is 3. The zero-order valence-corrected chi connectivity index (χ0v) is 9.44. The van der Waals surface area contributed by atoms with Crippen LogP contribution in [0.3, 0.4) is 0 Å². The quantitative estimate of drug-likeness (QED) is 0.476. The summed E-state index contributed by atoms with van der Waals surface area (Å²) in [5, 5.41) is 20.0. The van der Waals surface area contributed by atoms with Crippen molar-refractivity contribution >= 4 is 21.5 Å². The molecule has 0 saturated carbocycles. The van der Waals surface area contributed by atoms with E-state index in [4.69, 9.17) is 15.1 Å². The first-order valence-electron chi connectivity index (χ1n) is 4.29.